The van der Waals surface area contributed by atoms with Gasteiger partial charge in [0.25, 0.3) is 0 Å². The number of nitrogens with zero attached hydrogens (tertiary/aromatic N) is 1. The predicted molar refractivity (Wildman–Crippen MR) is 180 cm³/mol. The highest BCUT2D eigenvalue weighted by Crippen LogP contribution is 2.80. The van der Waals surface area contributed by atoms with Crippen molar-refractivity contribution in [1.82, 2.24) is 4.90 Å². The number of nitrogens with one attached hydrogen (secondary N) is 1. The number of aliphatic hydroxyl groups is 2. The van der Waals surface area contributed by atoms with E-state index in [0.29, 0.717) is 25.9 Å². The molecule has 6 aliphatic rings. The molecule has 13 heteroatoms. The number of hydrogen-bond acceptors (Lipinski definition) is 11. The number of esters is 1. The summed E-state index contributed by atoms with van der Waals surface area (Å²) in [6, 6.07) is 6.16. The summed E-state index contributed by atoms with van der Waals surface area (Å²) in [5, 5.41) is 29.3. The van der Waals surface area contributed by atoms with Crippen molar-refractivity contribution in [2.24, 2.45) is 46.2 Å². The zero-order valence-corrected chi connectivity index (χ0v) is 29.9. The third-order valence-corrected chi connectivity index (χ3v) is 14.2. The van der Waals surface area contributed by atoms with E-state index in [2.05, 4.69) is 17.1 Å². The minimum atomic E-state index is -1.70. The molecule has 2 amide bonds. The molecule has 14 atom stereocenters. The lowest BCUT2D eigenvalue weighted by Gasteiger charge is -2.70. The number of likely N-dealkylation sites (N-methyl/N-ethyl adjacent to an activating group) is 1. The highest BCUT2D eigenvalue weighted by atomic mass is 16.5. The average molecular weight is 700 g/mol. The Morgan fingerprint density at radius 2 is 1.82 bits per heavy atom. The Labute approximate surface area is 293 Å². The number of anilines is 1. The lowest BCUT2D eigenvalue weighted by Crippen LogP contribution is -2.82. The van der Waals surface area contributed by atoms with E-state index >= 15 is 0 Å². The Morgan fingerprint density at radius 1 is 1.08 bits per heavy atom. The third kappa shape index (κ3) is 4.46. The van der Waals surface area contributed by atoms with Crippen LogP contribution in [0.2, 0.25) is 0 Å². The minimum Gasteiger partial charge on any atom is -0.461 e. The van der Waals surface area contributed by atoms with E-state index in [1.54, 1.807) is 59.6 Å². The summed E-state index contributed by atoms with van der Waals surface area (Å²) in [5.41, 5.74) is 1.21. The van der Waals surface area contributed by atoms with Gasteiger partial charge in [0, 0.05) is 82.3 Å². The normalized spacial score (nSPS) is 44.4. The molecule has 0 radical (unpaired) electrons. The molecule has 0 unspecified atom stereocenters. The first kappa shape index (κ1) is 35.7. The van der Waals surface area contributed by atoms with Crippen molar-refractivity contribution >= 4 is 23.5 Å². The molecule has 50 heavy (non-hydrogen) atoms. The number of rotatable bonds is 12. The number of methoxy groups -OCH3 is 4. The van der Waals surface area contributed by atoms with Crippen LogP contribution in [0.25, 0.3) is 0 Å². The highest BCUT2D eigenvalue weighted by molar-refractivity contribution is 6.02. The van der Waals surface area contributed by atoms with Gasteiger partial charge < -0.3 is 44.9 Å². The molecule has 5 N–H and O–H groups in total. The van der Waals surface area contributed by atoms with Crippen molar-refractivity contribution in [1.29, 1.82) is 0 Å². The summed E-state index contributed by atoms with van der Waals surface area (Å²) >= 11 is 0. The topological polar surface area (TPSA) is 179 Å². The number of amides is 2. The number of primary amides is 1. The van der Waals surface area contributed by atoms with Gasteiger partial charge in [0.05, 0.1) is 48.3 Å². The van der Waals surface area contributed by atoms with Gasteiger partial charge in [0.1, 0.15) is 11.2 Å². The summed E-state index contributed by atoms with van der Waals surface area (Å²) in [6.07, 6.45) is 0.586. The number of para-hydroxylation sites is 1. The first-order valence-corrected chi connectivity index (χ1v) is 18.0. The lowest BCUT2D eigenvalue weighted by atomic mass is 9.42. The Morgan fingerprint density at radius 3 is 2.46 bits per heavy atom. The molecule has 1 aromatic rings. The van der Waals surface area contributed by atoms with Crippen LogP contribution < -0.4 is 11.1 Å². The maximum atomic E-state index is 14.0. The van der Waals surface area contributed by atoms with Crippen LogP contribution in [0, 0.1) is 40.4 Å². The molecule has 1 heterocycles. The number of carbonyl (C=O) groups excluding carboxylic acids is 3. The van der Waals surface area contributed by atoms with Gasteiger partial charge >= 0.3 is 5.97 Å². The van der Waals surface area contributed by atoms with Gasteiger partial charge in [-0.2, -0.15) is 0 Å². The lowest BCUT2D eigenvalue weighted by molar-refractivity contribution is -0.320. The molecule has 276 valence electrons. The zero-order chi connectivity index (χ0) is 36.0. The molecular weight excluding hydrogens is 646 g/mol. The maximum Gasteiger partial charge on any atom is 0.340 e. The molecular formula is C37H53N3O10. The van der Waals surface area contributed by atoms with E-state index in [1.165, 1.54) is 0 Å². The monoisotopic (exact) mass is 699 g/mol. The van der Waals surface area contributed by atoms with Crippen LogP contribution in [-0.2, 0) is 33.3 Å². The molecule has 5 aliphatic carbocycles. The van der Waals surface area contributed by atoms with Gasteiger partial charge in [-0.15, -0.1) is 0 Å². The fraction of sp³-hybridized carbons (Fsp3) is 0.757. The number of carbonyl (C=O) groups is 3. The minimum absolute atomic E-state index is 0.0402. The second kappa shape index (κ2) is 12.5. The van der Waals surface area contributed by atoms with Crippen molar-refractivity contribution in [2.75, 3.05) is 53.5 Å². The standard InChI is InChI=1S/C37H53N3O10/c1-7-40-17-34(18-50-32(43)20-10-8-9-11-23(20)39-31(42)19(2)14-26(38)41)13-12-25(47-4)36-22-15-21-24(46-3)16-35(44,27(22)28(21)48-5)37(45,33(36)40)30(49-6)29(34)36/h8-11,19,21-22,24-25,27-30,33,44-45H,7,12-18H2,1-6H3,(H2,38,41)(H,39,42)/t19-,21-,22-,24+,25-,27-,28+,29+,30+,33+,34-,35-,36+,37-/m1/s1. The largest absolute Gasteiger partial charge is 0.461 e. The molecule has 1 aliphatic heterocycles. The van der Waals surface area contributed by atoms with Crippen LogP contribution in [0.15, 0.2) is 24.3 Å². The number of hydrogen-bond donors (Lipinski definition) is 4. The summed E-state index contributed by atoms with van der Waals surface area (Å²) < 4.78 is 31.3. The SMILES string of the molecule is CCN1C[C@@]2(COC(=O)c3ccccc3NC(=O)[C@H](C)CC(N)=O)CC[C@@H](OC)[C@@]34[C@@H]5C[C@H]6[C@H](OC)[C@@H]5[C@](O)(C[C@@H]6OC)[C@@](O)([C@@H](OC)[C@@H]23)[C@@H]14. The molecule has 7 bridgehead atoms. The molecule has 13 nitrogen and oxygen atoms in total. The first-order valence-electron chi connectivity index (χ1n) is 18.0. The van der Waals surface area contributed by atoms with Gasteiger partial charge in [-0.1, -0.05) is 26.0 Å². The van der Waals surface area contributed by atoms with Crippen molar-refractivity contribution in [3.05, 3.63) is 29.8 Å². The molecule has 7 rings (SSSR count). The van der Waals surface area contributed by atoms with E-state index < -0.39 is 57.9 Å². The smallest absolute Gasteiger partial charge is 0.340 e. The van der Waals surface area contributed by atoms with E-state index in [0.717, 1.165) is 6.42 Å². The van der Waals surface area contributed by atoms with E-state index in [1.807, 2.05) is 0 Å². The Hall–Kier alpha value is -2.65. The van der Waals surface area contributed by atoms with Crippen molar-refractivity contribution < 1.29 is 48.3 Å². The summed E-state index contributed by atoms with van der Waals surface area (Å²) in [4.78, 5) is 40.5. The second-order valence-corrected chi connectivity index (χ2v) is 15.9. The fourth-order valence-electron chi connectivity index (χ4n) is 12.7. The molecule has 5 saturated carbocycles. The summed E-state index contributed by atoms with van der Waals surface area (Å²) in [6.45, 7) is 4.84. The number of likely N-dealkylation sites (tertiary alicyclic amines) is 1. The average Bonchev–Trinajstić information content (AvgIpc) is 3.52. The van der Waals surface area contributed by atoms with Crippen molar-refractivity contribution in [3.8, 4) is 0 Å². The van der Waals surface area contributed by atoms with Crippen LogP contribution in [0.3, 0.4) is 0 Å². The third-order valence-electron chi connectivity index (χ3n) is 14.2. The van der Waals surface area contributed by atoms with Crippen LogP contribution in [-0.4, -0.2) is 123 Å². The first-order chi connectivity index (χ1) is 23.8. The molecule has 6 fully saturated rings. The number of ether oxygens (including phenoxy) is 5. The highest BCUT2D eigenvalue weighted by Gasteiger charge is 2.91. The molecule has 1 saturated heterocycles. The van der Waals surface area contributed by atoms with Gasteiger partial charge in [-0.25, -0.2) is 4.79 Å². The predicted octanol–water partition coefficient (Wildman–Crippen LogP) is 1.59. The molecule has 0 aromatic heterocycles. The number of fused-ring (bicyclic) bond motifs is 2. The Kier molecular flexibility index (Phi) is 8.93. The van der Waals surface area contributed by atoms with Gasteiger partial charge in [0.2, 0.25) is 11.8 Å². The Balaban J connectivity index is 1.29. The van der Waals surface area contributed by atoms with Crippen molar-refractivity contribution in [3.63, 3.8) is 0 Å². The number of nitrogens with two attached hydrogens (primary N) is 1. The van der Waals surface area contributed by atoms with E-state index in [-0.39, 0.29) is 72.7 Å². The fourth-order valence-corrected chi connectivity index (χ4v) is 12.7. The van der Waals surface area contributed by atoms with Gasteiger partial charge in [-0.05, 0) is 43.9 Å². The quantitative estimate of drug-likeness (QED) is 0.233. The molecule has 1 aromatic carbocycles. The number of piperidine rings is 1. The summed E-state index contributed by atoms with van der Waals surface area (Å²) in [7, 11) is 6.69. The van der Waals surface area contributed by atoms with Gasteiger partial charge in [-0.3, -0.25) is 14.5 Å². The van der Waals surface area contributed by atoms with Crippen LogP contribution in [0.4, 0.5) is 5.69 Å². The maximum absolute atomic E-state index is 14.0. The summed E-state index contributed by atoms with van der Waals surface area (Å²) in [5.74, 6) is -3.02. The Bertz CT molecular complexity index is 1530. The van der Waals surface area contributed by atoms with Crippen molar-refractivity contribution in [2.45, 2.75) is 87.6 Å². The van der Waals surface area contributed by atoms with Crippen LogP contribution in [0.1, 0.15) is 56.3 Å². The van der Waals surface area contributed by atoms with Gasteiger partial charge in [0.15, 0.2) is 0 Å². The zero-order valence-electron chi connectivity index (χ0n) is 29.9. The second-order valence-electron chi connectivity index (χ2n) is 15.9. The van der Waals surface area contributed by atoms with E-state index in [4.69, 9.17) is 29.4 Å². The van der Waals surface area contributed by atoms with Crippen LogP contribution in [0.5, 0.6) is 0 Å². The van der Waals surface area contributed by atoms with E-state index in [9.17, 15) is 24.6 Å². The number of benzene rings is 1. The van der Waals surface area contributed by atoms with Crippen LogP contribution >= 0.6 is 0 Å². The molecule has 1 spiro atoms.